The van der Waals surface area contributed by atoms with Crippen molar-refractivity contribution >= 4 is 15.7 Å². The van der Waals surface area contributed by atoms with Crippen LogP contribution in [0.25, 0.3) is 0 Å². The maximum absolute atomic E-state index is 11.6. The van der Waals surface area contributed by atoms with Crippen LogP contribution in [0.15, 0.2) is 0 Å². The highest BCUT2D eigenvalue weighted by atomic mass is 32.2. The molecule has 0 aliphatic rings. The van der Waals surface area contributed by atoms with Gasteiger partial charge in [0, 0.05) is 6.54 Å². The molecule has 96 valence electrons. The lowest BCUT2D eigenvalue weighted by atomic mass is 10.3. The van der Waals surface area contributed by atoms with Gasteiger partial charge in [0.1, 0.15) is 5.25 Å². The molecule has 0 saturated heterocycles. The second-order valence-corrected chi connectivity index (χ2v) is 6.24. The predicted octanol–water partition coefficient (Wildman–Crippen LogP) is 0.0548. The van der Waals surface area contributed by atoms with Gasteiger partial charge in [-0.15, -0.1) is 0 Å². The van der Waals surface area contributed by atoms with E-state index in [-0.39, 0.29) is 5.75 Å². The molecule has 0 aromatic carbocycles. The molecule has 0 aromatic heterocycles. The number of nitrogens with two attached hydrogens (primary N) is 1. The first-order chi connectivity index (χ1) is 7.45. The van der Waals surface area contributed by atoms with E-state index in [1.807, 2.05) is 6.92 Å². The highest BCUT2D eigenvalue weighted by Gasteiger charge is 2.26. The molecule has 0 fully saturated rings. The first-order valence-corrected chi connectivity index (χ1v) is 7.36. The van der Waals surface area contributed by atoms with Crippen LogP contribution in [0, 0.1) is 0 Å². The SMILES string of the molecule is CCCCNC(=O)C(C)S(=O)(=O)CCCN. The summed E-state index contributed by atoms with van der Waals surface area (Å²) in [6.45, 7) is 4.29. The van der Waals surface area contributed by atoms with Gasteiger partial charge in [0.2, 0.25) is 5.91 Å². The highest BCUT2D eigenvalue weighted by Crippen LogP contribution is 2.03. The third-order valence-corrected chi connectivity index (χ3v) is 4.52. The van der Waals surface area contributed by atoms with Gasteiger partial charge in [-0.25, -0.2) is 8.42 Å². The molecule has 1 amide bonds. The number of unbranched alkanes of at least 4 members (excludes halogenated alkanes) is 1. The van der Waals surface area contributed by atoms with Crippen molar-refractivity contribution in [2.75, 3.05) is 18.8 Å². The van der Waals surface area contributed by atoms with E-state index in [0.29, 0.717) is 19.5 Å². The Kier molecular flexibility index (Phi) is 7.33. The summed E-state index contributed by atoms with van der Waals surface area (Å²) in [5.74, 6) is -0.434. The van der Waals surface area contributed by atoms with Gasteiger partial charge in [-0.1, -0.05) is 13.3 Å². The van der Waals surface area contributed by atoms with Gasteiger partial charge in [0.25, 0.3) is 0 Å². The Morgan fingerprint density at radius 2 is 2.00 bits per heavy atom. The molecule has 6 heteroatoms. The van der Waals surface area contributed by atoms with Crippen LogP contribution in [0.5, 0.6) is 0 Å². The average molecular weight is 250 g/mol. The van der Waals surface area contributed by atoms with Crippen molar-refractivity contribution in [2.24, 2.45) is 5.73 Å². The first-order valence-electron chi connectivity index (χ1n) is 5.65. The van der Waals surface area contributed by atoms with Crippen molar-refractivity contribution in [1.29, 1.82) is 0 Å². The van der Waals surface area contributed by atoms with E-state index in [1.54, 1.807) is 0 Å². The number of nitrogens with one attached hydrogen (secondary N) is 1. The van der Waals surface area contributed by atoms with Gasteiger partial charge in [-0.05, 0) is 26.3 Å². The highest BCUT2D eigenvalue weighted by molar-refractivity contribution is 7.92. The van der Waals surface area contributed by atoms with Crippen LogP contribution in [0.4, 0.5) is 0 Å². The molecule has 3 N–H and O–H groups in total. The van der Waals surface area contributed by atoms with Gasteiger partial charge in [-0.3, -0.25) is 4.79 Å². The number of carbonyl (C=O) groups is 1. The van der Waals surface area contributed by atoms with Crippen LogP contribution in [0.1, 0.15) is 33.1 Å². The molecule has 0 heterocycles. The van der Waals surface area contributed by atoms with Crippen molar-refractivity contribution in [3.05, 3.63) is 0 Å². The fourth-order valence-corrected chi connectivity index (χ4v) is 2.49. The topological polar surface area (TPSA) is 89.3 Å². The Morgan fingerprint density at radius 1 is 1.38 bits per heavy atom. The van der Waals surface area contributed by atoms with Gasteiger partial charge < -0.3 is 11.1 Å². The van der Waals surface area contributed by atoms with E-state index in [4.69, 9.17) is 5.73 Å². The van der Waals surface area contributed by atoms with E-state index in [0.717, 1.165) is 12.8 Å². The van der Waals surface area contributed by atoms with Crippen LogP contribution >= 0.6 is 0 Å². The van der Waals surface area contributed by atoms with Crippen molar-refractivity contribution in [3.8, 4) is 0 Å². The van der Waals surface area contributed by atoms with Crippen LogP contribution in [0.2, 0.25) is 0 Å². The average Bonchev–Trinajstić information content (AvgIpc) is 2.25. The molecule has 16 heavy (non-hydrogen) atoms. The lowest BCUT2D eigenvalue weighted by molar-refractivity contribution is -0.120. The Hall–Kier alpha value is -0.620. The largest absolute Gasteiger partial charge is 0.355 e. The summed E-state index contributed by atoms with van der Waals surface area (Å²) in [4.78, 5) is 11.5. The molecule has 0 aliphatic heterocycles. The normalized spacial score (nSPS) is 13.4. The Balaban J connectivity index is 4.20. The summed E-state index contributed by atoms with van der Waals surface area (Å²) in [6.07, 6.45) is 2.23. The second kappa shape index (κ2) is 7.62. The van der Waals surface area contributed by atoms with E-state index in [2.05, 4.69) is 5.32 Å². The number of amides is 1. The fourth-order valence-electron chi connectivity index (χ4n) is 1.16. The maximum atomic E-state index is 11.6. The van der Waals surface area contributed by atoms with Crippen molar-refractivity contribution in [2.45, 2.75) is 38.4 Å². The van der Waals surface area contributed by atoms with E-state index >= 15 is 0 Å². The van der Waals surface area contributed by atoms with Crippen LogP contribution in [0.3, 0.4) is 0 Å². The molecule has 0 radical (unpaired) electrons. The van der Waals surface area contributed by atoms with Crippen molar-refractivity contribution in [1.82, 2.24) is 5.32 Å². The molecule has 0 bridgehead atoms. The molecule has 0 aromatic rings. The molecule has 5 nitrogen and oxygen atoms in total. The lowest BCUT2D eigenvalue weighted by Gasteiger charge is -2.12. The summed E-state index contributed by atoms with van der Waals surface area (Å²) < 4.78 is 23.3. The minimum atomic E-state index is -3.35. The third-order valence-electron chi connectivity index (χ3n) is 2.37. The van der Waals surface area contributed by atoms with Gasteiger partial charge >= 0.3 is 0 Å². The zero-order chi connectivity index (χ0) is 12.6. The Bertz CT molecular complexity index is 301. The number of rotatable bonds is 8. The fraction of sp³-hybridized carbons (Fsp3) is 0.900. The molecular weight excluding hydrogens is 228 g/mol. The van der Waals surface area contributed by atoms with Crippen molar-refractivity contribution < 1.29 is 13.2 Å². The summed E-state index contributed by atoms with van der Waals surface area (Å²) in [5.41, 5.74) is 5.25. The second-order valence-electron chi connectivity index (χ2n) is 3.80. The lowest BCUT2D eigenvalue weighted by Crippen LogP contribution is -2.39. The van der Waals surface area contributed by atoms with Crippen LogP contribution < -0.4 is 11.1 Å². The molecule has 0 spiro atoms. The number of carbonyl (C=O) groups excluding carboxylic acids is 1. The molecule has 1 atom stereocenters. The number of hydrogen-bond acceptors (Lipinski definition) is 4. The summed E-state index contributed by atoms with van der Waals surface area (Å²) in [7, 11) is -3.35. The van der Waals surface area contributed by atoms with Gasteiger partial charge in [-0.2, -0.15) is 0 Å². The number of sulfone groups is 1. The standard InChI is InChI=1S/C10H22N2O3S/c1-3-4-7-12-10(13)9(2)16(14,15)8-5-6-11/h9H,3-8,11H2,1-2H3,(H,12,13). The molecule has 0 saturated carbocycles. The minimum Gasteiger partial charge on any atom is -0.355 e. The molecule has 0 rings (SSSR count). The molecular formula is C10H22N2O3S. The van der Waals surface area contributed by atoms with E-state index < -0.39 is 21.0 Å². The maximum Gasteiger partial charge on any atom is 0.238 e. The van der Waals surface area contributed by atoms with Crippen LogP contribution in [-0.2, 0) is 14.6 Å². The summed E-state index contributed by atoms with van der Waals surface area (Å²) >= 11 is 0. The van der Waals surface area contributed by atoms with Crippen molar-refractivity contribution in [3.63, 3.8) is 0 Å². The van der Waals surface area contributed by atoms with Crippen LogP contribution in [-0.4, -0.2) is 38.4 Å². The van der Waals surface area contributed by atoms with E-state index in [1.165, 1.54) is 6.92 Å². The first kappa shape index (κ1) is 15.4. The third kappa shape index (κ3) is 5.46. The summed E-state index contributed by atoms with van der Waals surface area (Å²) in [6, 6.07) is 0. The Morgan fingerprint density at radius 3 is 2.50 bits per heavy atom. The monoisotopic (exact) mass is 250 g/mol. The summed E-state index contributed by atoms with van der Waals surface area (Å²) in [5, 5.41) is 1.64. The van der Waals surface area contributed by atoms with Gasteiger partial charge in [0.05, 0.1) is 5.75 Å². The quantitative estimate of drug-likeness (QED) is 0.596. The zero-order valence-corrected chi connectivity index (χ0v) is 10.8. The molecule has 0 aliphatic carbocycles. The van der Waals surface area contributed by atoms with E-state index in [9.17, 15) is 13.2 Å². The molecule has 1 unspecified atom stereocenters. The van der Waals surface area contributed by atoms with Gasteiger partial charge in [0.15, 0.2) is 9.84 Å². The zero-order valence-electron chi connectivity index (χ0n) is 10.0. The minimum absolute atomic E-state index is 0.0220. The predicted molar refractivity (Wildman–Crippen MR) is 64.8 cm³/mol. The smallest absolute Gasteiger partial charge is 0.238 e. The Labute approximate surface area is 97.7 Å². The number of hydrogen-bond donors (Lipinski definition) is 2.